The van der Waals surface area contributed by atoms with Crippen LogP contribution in [0, 0.1) is 0 Å². The second-order valence-corrected chi connectivity index (χ2v) is 8.66. The van der Waals surface area contributed by atoms with Crippen LogP contribution < -0.4 is 4.74 Å². The molecule has 3 aromatic rings. The molecular formula is C25H27N3O2S. The van der Waals surface area contributed by atoms with Crippen LogP contribution >= 0.6 is 11.8 Å². The van der Waals surface area contributed by atoms with Gasteiger partial charge in [0.25, 0.3) is 5.91 Å². The van der Waals surface area contributed by atoms with Crippen molar-refractivity contribution >= 4 is 17.7 Å². The zero-order chi connectivity index (χ0) is 21.5. The van der Waals surface area contributed by atoms with E-state index in [2.05, 4.69) is 22.0 Å². The minimum atomic E-state index is 0.112. The number of methoxy groups -OCH3 is 1. The summed E-state index contributed by atoms with van der Waals surface area (Å²) >= 11 is 1.60. The number of rotatable bonds is 6. The summed E-state index contributed by atoms with van der Waals surface area (Å²) in [6, 6.07) is 21.9. The molecule has 0 aliphatic carbocycles. The third-order valence-electron chi connectivity index (χ3n) is 5.40. The van der Waals surface area contributed by atoms with E-state index in [1.165, 1.54) is 5.56 Å². The normalized spacial score (nSPS) is 14.8. The van der Waals surface area contributed by atoms with Gasteiger partial charge in [0, 0.05) is 49.4 Å². The summed E-state index contributed by atoms with van der Waals surface area (Å²) in [7, 11) is 1.68. The fourth-order valence-corrected chi connectivity index (χ4v) is 4.47. The van der Waals surface area contributed by atoms with E-state index < -0.39 is 0 Å². The summed E-state index contributed by atoms with van der Waals surface area (Å²) in [6.07, 6.45) is 2.77. The van der Waals surface area contributed by atoms with Crippen LogP contribution in [0.2, 0.25) is 0 Å². The van der Waals surface area contributed by atoms with Crippen LogP contribution in [0.4, 0.5) is 0 Å². The smallest absolute Gasteiger partial charge is 0.253 e. The van der Waals surface area contributed by atoms with Crippen molar-refractivity contribution in [3.63, 3.8) is 0 Å². The number of carbonyl (C=O) groups is 1. The maximum atomic E-state index is 13.0. The van der Waals surface area contributed by atoms with Gasteiger partial charge in [-0.1, -0.05) is 30.0 Å². The van der Waals surface area contributed by atoms with E-state index in [1.807, 2.05) is 59.5 Å². The van der Waals surface area contributed by atoms with Crippen molar-refractivity contribution < 1.29 is 9.53 Å². The van der Waals surface area contributed by atoms with E-state index in [-0.39, 0.29) is 5.91 Å². The molecule has 5 nitrogen and oxygen atoms in total. The predicted molar refractivity (Wildman–Crippen MR) is 124 cm³/mol. The molecule has 0 spiro atoms. The molecule has 0 bridgehead atoms. The number of carbonyl (C=O) groups excluding carboxylic acids is 1. The monoisotopic (exact) mass is 433 g/mol. The number of nitrogens with zero attached hydrogens (tertiary/aromatic N) is 3. The Hall–Kier alpha value is -2.83. The quantitative estimate of drug-likeness (QED) is 0.569. The Morgan fingerprint density at radius 1 is 0.968 bits per heavy atom. The van der Waals surface area contributed by atoms with Crippen LogP contribution in [-0.4, -0.2) is 54.0 Å². The van der Waals surface area contributed by atoms with Gasteiger partial charge in [-0.25, -0.2) is 4.98 Å². The number of benzene rings is 2. The molecule has 160 valence electrons. The molecule has 1 saturated heterocycles. The summed E-state index contributed by atoms with van der Waals surface area (Å²) in [5, 5.41) is 0.950. The van der Waals surface area contributed by atoms with E-state index >= 15 is 0 Å². The summed E-state index contributed by atoms with van der Waals surface area (Å²) in [5.41, 5.74) is 2.01. The summed E-state index contributed by atoms with van der Waals surface area (Å²) < 4.78 is 5.24. The average Bonchev–Trinajstić information content (AvgIpc) is 3.06. The zero-order valence-electron chi connectivity index (χ0n) is 17.7. The molecule has 1 amide bonds. The van der Waals surface area contributed by atoms with Gasteiger partial charge in [0.1, 0.15) is 10.8 Å². The van der Waals surface area contributed by atoms with E-state index in [1.54, 1.807) is 25.1 Å². The van der Waals surface area contributed by atoms with Gasteiger partial charge in [0.2, 0.25) is 0 Å². The fraction of sp³-hybridized carbons (Fsp3) is 0.280. The number of amides is 1. The zero-order valence-corrected chi connectivity index (χ0v) is 18.6. The van der Waals surface area contributed by atoms with E-state index in [4.69, 9.17) is 4.74 Å². The number of hydrogen-bond donors (Lipinski definition) is 0. The van der Waals surface area contributed by atoms with Crippen LogP contribution in [0.3, 0.4) is 0 Å². The van der Waals surface area contributed by atoms with Crippen molar-refractivity contribution in [2.24, 2.45) is 0 Å². The molecule has 2 aromatic carbocycles. The highest BCUT2D eigenvalue weighted by molar-refractivity contribution is 7.99. The second kappa shape index (κ2) is 10.5. The molecule has 1 aromatic heterocycles. The Morgan fingerprint density at radius 2 is 1.77 bits per heavy atom. The Kier molecular flexibility index (Phi) is 7.22. The van der Waals surface area contributed by atoms with Crippen molar-refractivity contribution in [2.75, 3.05) is 33.3 Å². The predicted octanol–water partition coefficient (Wildman–Crippen LogP) is 4.59. The van der Waals surface area contributed by atoms with Gasteiger partial charge in [-0.2, -0.15) is 0 Å². The third-order valence-corrected chi connectivity index (χ3v) is 6.36. The molecule has 1 fully saturated rings. The topological polar surface area (TPSA) is 45.7 Å². The maximum absolute atomic E-state index is 13.0. The SMILES string of the molecule is COc1ccc(CN2CCCN(C(=O)c3ccc(Sc4ccccn4)cc3)CC2)cc1. The van der Waals surface area contributed by atoms with Gasteiger partial charge >= 0.3 is 0 Å². The standard InChI is InChI=1S/C25H27N3O2S/c1-30-22-10-6-20(7-11-22)19-27-15-4-16-28(18-17-27)25(29)21-8-12-23(13-9-21)31-24-5-2-3-14-26-24/h2-3,5-14H,4,15-19H2,1H3. The van der Waals surface area contributed by atoms with E-state index in [0.29, 0.717) is 0 Å². The summed E-state index contributed by atoms with van der Waals surface area (Å²) in [6.45, 7) is 4.31. The van der Waals surface area contributed by atoms with Crippen molar-refractivity contribution in [1.29, 1.82) is 0 Å². The molecule has 0 N–H and O–H groups in total. The molecule has 0 unspecified atom stereocenters. The first-order chi connectivity index (χ1) is 15.2. The molecule has 0 radical (unpaired) electrons. The Bertz CT molecular complexity index is 978. The summed E-state index contributed by atoms with van der Waals surface area (Å²) in [4.78, 5) is 22.8. The van der Waals surface area contributed by atoms with Gasteiger partial charge in [-0.3, -0.25) is 9.69 Å². The van der Waals surface area contributed by atoms with Crippen LogP contribution in [0.5, 0.6) is 5.75 Å². The second-order valence-electron chi connectivity index (χ2n) is 7.56. The van der Waals surface area contributed by atoms with Crippen LogP contribution in [-0.2, 0) is 6.54 Å². The van der Waals surface area contributed by atoms with Gasteiger partial charge in [-0.15, -0.1) is 0 Å². The molecule has 6 heteroatoms. The number of pyridine rings is 1. The van der Waals surface area contributed by atoms with E-state index in [9.17, 15) is 4.79 Å². The molecular weight excluding hydrogens is 406 g/mol. The first-order valence-corrected chi connectivity index (χ1v) is 11.4. The molecule has 4 rings (SSSR count). The van der Waals surface area contributed by atoms with Gasteiger partial charge < -0.3 is 9.64 Å². The number of aromatic nitrogens is 1. The molecule has 0 atom stereocenters. The third kappa shape index (κ3) is 5.87. The lowest BCUT2D eigenvalue weighted by atomic mass is 10.2. The lowest BCUT2D eigenvalue weighted by Crippen LogP contribution is -2.35. The Morgan fingerprint density at radius 3 is 2.48 bits per heavy atom. The maximum Gasteiger partial charge on any atom is 0.253 e. The first-order valence-electron chi connectivity index (χ1n) is 10.5. The highest BCUT2D eigenvalue weighted by atomic mass is 32.2. The minimum absolute atomic E-state index is 0.112. The summed E-state index contributed by atoms with van der Waals surface area (Å²) in [5.74, 6) is 0.988. The van der Waals surface area contributed by atoms with Crippen LogP contribution in [0.1, 0.15) is 22.3 Å². The molecule has 2 heterocycles. The van der Waals surface area contributed by atoms with Crippen molar-refractivity contribution in [1.82, 2.24) is 14.8 Å². The van der Waals surface area contributed by atoms with Gasteiger partial charge in [0.15, 0.2) is 0 Å². The fourth-order valence-electron chi connectivity index (χ4n) is 3.70. The largest absolute Gasteiger partial charge is 0.497 e. The first kappa shape index (κ1) is 21.4. The van der Waals surface area contributed by atoms with Crippen molar-refractivity contribution in [3.8, 4) is 5.75 Å². The molecule has 0 saturated carbocycles. The van der Waals surface area contributed by atoms with Crippen LogP contribution in [0.25, 0.3) is 0 Å². The number of hydrogen-bond acceptors (Lipinski definition) is 5. The van der Waals surface area contributed by atoms with Crippen molar-refractivity contribution in [2.45, 2.75) is 22.9 Å². The lowest BCUT2D eigenvalue weighted by Gasteiger charge is -2.22. The van der Waals surface area contributed by atoms with Crippen molar-refractivity contribution in [3.05, 3.63) is 84.1 Å². The van der Waals surface area contributed by atoms with Crippen LogP contribution in [0.15, 0.2) is 82.8 Å². The highest BCUT2D eigenvalue weighted by Gasteiger charge is 2.20. The molecule has 31 heavy (non-hydrogen) atoms. The average molecular weight is 434 g/mol. The Labute approximate surface area is 188 Å². The Balaban J connectivity index is 1.32. The molecule has 1 aliphatic heterocycles. The van der Waals surface area contributed by atoms with Gasteiger partial charge in [-0.05, 0) is 60.5 Å². The minimum Gasteiger partial charge on any atom is -0.497 e. The van der Waals surface area contributed by atoms with Gasteiger partial charge in [0.05, 0.1) is 7.11 Å². The van der Waals surface area contributed by atoms with E-state index in [0.717, 1.165) is 60.4 Å². The molecule has 1 aliphatic rings. The lowest BCUT2D eigenvalue weighted by molar-refractivity contribution is 0.0761. The number of ether oxygens (including phenoxy) is 1. The highest BCUT2D eigenvalue weighted by Crippen LogP contribution is 2.26.